The summed E-state index contributed by atoms with van der Waals surface area (Å²) in [5.41, 5.74) is 1.96. The van der Waals surface area contributed by atoms with Gasteiger partial charge < -0.3 is 10.1 Å². The predicted molar refractivity (Wildman–Crippen MR) is 90.8 cm³/mol. The number of nitrogens with one attached hydrogen (secondary N) is 1. The average Bonchev–Trinajstić information content (AvgIpc) is 3.03. The van der Waals surface area contributed by atoms with Gasteiger partial charge in [-0.05, 0) is 24.3 Å². The van der Waals surface area contributed by atoms with Crippen LogP contribution >= 0.6 is 0 Å². The highest BCUT2D eigenvalue weighted by molar-refractivity contribution is 5.94. The molecular formula is C18H17N3O3. The van der Waals surface area contributed by atoms with E-state index in [0.29, 0.717) is 17.8 Å². The lowest BCUT2D eigenvalue weighted by Crippen LogP contribution is -2.15. The lowest BCUT2D eigenvalue weighted by Gasteiger charge is -2.07. The molecule has 0 aliphatic rings. The van der Waals surface area contributed by atoms with E-state index in [1.54, 1.807) is 35.1 Å². The van der Waals surface area contributed by atoms with Crippen LogP contribution in [0, 0.1) is 0 Å². The number of aryl methyl sites for hydroxylation is 1. The molecule has 0 unspecified atom stereocenters. The minimum atomic E-state index is -0.436. The Bertz CT molecular complexity index is 886. The van der Waals surface area contributed by atoms with Gasteiger partial charge in [-0.15, -0.1) is 0 Å². The number of benzene rings is 2. The van der Waals surface area contributed by atoms with Gasteiger partial charge in [-0.1, -0.05) is 24.3 Å². The first kappa shape index (κ1) is 15.7. The van der Waals surface area contributed by atoms with Crippen LogP contribution in [0.2, 0.25) is 0 Å². The average molecular weight is 323 g/mol. The zero-order chi connectivity index (χ0) is 16.9. The summed E-state index contributed by atoms with van der Waals surface area (Å²) in [7, 11) is 1.32. The monoisotopic (exact) mass is 323 g/mol. The lowest BCUT2D eigenvalue weighted by molar-refractivity contribution is -0.116. The summed E-state index contributed by atoms with van der Waals surface area (Å²) in [5.74, 6) is -0.578. The number of aromatic nitrogens is 2. The molecule has 1 heterocycles. The fourth-order valence-corrected chi connectivity index (χ4v) is 2.48. The molecule has 1 amide bonds. The van der Waals surface area contributed by atoms with Gasteiger partial charge in [-0.25, -0.2) is 4.79 Å². The van der Waals surface area contributed by atoms with Crippen LogP contribution in [0.25, 0.3) is 10.9 Å². The summed E-state index contributed by atoms with van der Waals surface area (Å²) >= 11 is 0. The van der Waals surface area contributed by atoms with E-state index in [4.69, 9.17) is 0 Å². The number of ether oxygens (including phenoxy) is 1. The van der Waals surface area contributed by atoms with Crippen LogP contribution < -0.4 is 5.32 Å². The van der Waals surface area contributed by atoms with Crippen LogP contribution in [-0.2, 0) is 16.1 Å². The standard InChI is InChI=1S/C18H17N3O3/c1-24-18(23)13-6-4-7-15(11-13)20-17(22)9-10-21-16-8-3-2-5-14(16)12-19-21/h2-8,11-12H,9-10H2,1H3,(H,20,22). The Balaban J connectivity index is 1.63. The largest absolute Gasteiger partial charge is 0.465 e. The van der Waals surface area contributed by atoms with Gasteiger partial charge in [0.1, 0.15) is 0 Å². The molecule has 6 heteroatoms. The van der Waals surface area contributed by atoms with Crippen molar-refractivity contribution in [1.29, 1.82) is 0 Å². The van der Waals surface area contributed by atoms with Gasteiger partial charge in [0.25, 0.3) is 0 Å². The number of amides is 1. The van der Waals surface area contributed by atoms with E-state index in [0.717, 1.165) is 10.9 Å². The van der Waals surface area contributed by atoms with Crippen molar-refractivity contribution in [3.05, 3.63) is 60.3 Å². The Kier molecular flexibility index (Phi) is 4.56. The fourth-order valence-electron chi connectivity index (χ4n) is 2.48. The van der Waals surface area contributed by atoms with Crippen molar-refractivity contribution in [2.24, 2.45) is 0 Å². The SMILES string of the molecule is COC(=O)c1cccc(NC(=O)CCn2ncc3ccccc32)c1. The molecule has 122 valence electrons. The number of methoxy groups -OCH3 is 1. The second-order valence-corrected chi connectivity index (χ2v) is 5.30. The molecular weight excluding hydrogens is 306 g/mol. The second-order valence-electron chi connectivity index (χ2n) is 5.30. The van der Waals surface area contributed by atoms with E-state index < -0.39 is 5.97 Å². The normalized spacial score (nSPS) is 10.5. The summed E-state index contributed by atoms with van der Waals surface area (Å²) in [6, 6.07) is 14.5. The number of nitrogens with zero attached hydrogens (tertiary/aromatic N) is 2. The Labute approximate surface area is 139 Å². The van der Waals surface area contributed by atoms with E-state index in [1.807, 2.05) is 24.3 Å². The van der Waals surface area contributed by atoms with Crippen LogP contribution in [0.4, 0.5) is 5.69 Å². The minimum absolute atomic E-state index is 0.142. The molecule has 0 aliphatic heterocycles. The predicted octanol–water partition coefficient (Wildman–Crippen LogP) is 2.85. The maximum atomic E-state index is 12.1. The highest BCUT2D eigenvalue weighted by atomic mass is 16.5. The minimum Gasteiger partial charge on any atom is -0.465 e. The number of hydrogen-bond donors (Lipinski definition) is 1. The highest BCUT2D eigenvalue weighted by Crippen LogP contribution is 2.14. The number of fused-ring (bicyclic) bond motifs is 1. The Hall–Kier alpha value is -3.15. The van der Waals surface area contributed by atoms with E-state index in [1.165, 1.54) is 7.11 Å². The van der Waals surface area contributed by atoms with Crippen molar-refractivity contribution >= 4 is 28.5 Å². The summed E-state index contributed by atoms with van der Waals surface area (Å²) in [5, 5.41) is 8.13. The zero-order valence-electron chi connectivity index (χ0n) is 13.2. The molecule has 0 spiro atoms. The molecule has 0 bridgehead atoms. The van der Waals surface area contributed by atoms with Crippen molar-refractivity contribution in [3.8, 4) is 0 Å². The summed E-state index contributed by atoms with van der Waals surface area (Å²) in [6.45, 7) is 0.482. The van der Waals surface area contributed by atoms with E-state index in [2.05, 4.69) is 15.2 Å². The Morgan fingerprint density at radius 3 is 2.83 bits per heavy atom. The number of rotatable bonds is 5. The van der Waals surface area contributed by atoms with Gasteiger partial charge in [0, 0.05) is 17.5 Å². The molecule has 24 heavy (non-hydrogen) atoms. The van der Waals surface area contributed by atoms with Crippen LogP contribution in [0.5, 0.6) is 0 Å². The smallest absolute Gasteiger partial charge is 0.337 e. The van der Waals surface area contributed by atoms with E-state index in [9.17, 15) is 9.59 Å². The second kappa shape index (κ2) is 6.95. The summed E-state index contributed by atoms with van der Waals surface area (Å²) in [6.07, 6.45) is 2.07. The zero-order valence-corrected chi connectivity index (χ0v) is 13.2. The molecule has 2 aromatic carbocycles. The third kappa shape index (κ3) is 3.43. The molecule has 0 aliphatic carbocycles. The molecule has 3 rings (SSSR count). The molecule has 1 N–H and O–H groups in total. The summed E-state index contributed by atoms with van der Waals surface area (Å²) < 4.78 is 6.48. The number of para-hydroxylation sites is 1. The molecule has 6 nitrogen and oxygen atoms in total. The number of carbonyl (C=O) groups excluding carboxylic acids is 2. The Morgan fingerprint density at radius 2 is 2.00 bits per heavy atom. The fraction of sp³-hybridized carbons (Fsp3) is 0.167. The van der Waals surface area contributed by atoms with Crippen LogP contribution in [0.1, 0.15) is 16.8 Å². The first-order valence-electron chi connectivity index (χ1n) is 7.56. The first-order chi connectivity index (χ1) is 11.7. The maximum absolute atomic E-state index is 12.1. The number of anilines is 1. The molecule has 1 aromatic heterocycles. The number of carbonyl (C=O) groups is 2. The van der Waals surface area contributed by atoms with Crippen LogP contribution in [0.15, 0.2) is 54.7 Å². The highest BCUT2D eigenvalue weighted by Gasteiger charge is 2.09. The Morgan fingerprint density at radius 1 is 1.17 bits per heavy atom. The van der Waals surface area contributed by atoms with Gasteiger partial charge >= 0.3 is 5.97 Å². The molecule has 3 aromatic rings. The lowest BCUT2D eigenvalue weighted by atomic mass is 10.2. The molecule has 0 saturated carbocycles. The van der Waals surface area contributed by atoms with Crippen LogP contribution in [0.3, 0.4) is 0 Å². The molecule has 0 fully saturated rings. The third-order valence-electron chi connectivity index (χ3n) is 3.67. The topological polar surface area (TPSA) is 73.2 Å². The molecule has 0 atom stereocenters. The maximum Gasteiger partial charge on any atom is 0.337 e. The van der Waals surface area contributed by atoms with Gasteiger partial charge in [0.05, 0.1) is 30.9 Å². The van der Waals surface area contributed by atoms with Gasteiger partial charge in [-0.2, -0.15) is 5.10 Å². The van der Waals surface area contributed by atoms with Crippen LogP contribution in [-0.4, -0.2) is 28.8 Å². The van der Waals surface area contributed by atoms with E-state index >= 15 is 0 Å². The van der Waals surface area contributed by atoms with Gasteiger partial charge in [0.15, 0.2) is 0 Å². The quantitative estimate of drug-likeness (QED) is 0.733. The van der Waals surface area contributed by atoms with Crippen molar-refractivity contribution in [3.63, 3.8) is 0 Å². The number of esters is 1. The van der Waals surface area contributed by atoms with Crippen molar-refractivity contribution in [1.82, 2.24) is 9.78 Å². The van der Waals surface area contributed by atoms with Crippen molar-refractivity contribution in [2.75, 3.05) is 12.4 Å². The molecule has 0 saturated heterocycles. The summed E-state index contributed by atoms with van der Waals surface area (Å²) in [4.78, 5) is 23.6. The van der Waals surface area contributed by atoms with Gasteiger partial charge in [0.2, 0.25) is 5.91 Å². The third-order valence-corrected chi connectivity index (χ3v) is 3.67. The van der Waals surface area contributed by atoms with Crippen molar-refractivity contribution in [2.45, 2.75) is 13.0 Å². The van der Waals surface area contributed by atoms with Gasteiger partial charge in [-0.3, -0.25) is 9.48 Å². The first-order valence-corrected chi connectivity index (χ1v) is 7.56. The number of hydrogen-bond acceptors (Lipinski definition) is 4. The molecule has 0 radical (unpaired) electrons. The van der Waals surface area contributed by atoms with Crippen molar-refractivity contribution < 1.29 is 14.3 Å². The van der Waals surface area contributed by atoms with E-state index in [-0.39, 0.29) is 12.3 Å².